The first-order valence-corrected chi connectivity index (χ1v) is 14.2. The van der Waals surface area contributed by atoms with Crippen LogP contribution in [-0.2, 0) is 17.1 Å². The number of imidazole rings is 2. The average Bonchev–Trinajstić information content (AvgIpc) is 3.44. The molecule has 5 rings (SSSR count). The van der Waals surface area contributed by atoms with Crippen LogP contribution in [0.15, 0.2) is 58.7 Å². The number of piperidine rings is 1. The van der Waals surface area contributed by atoms with E-state index >= 15 is 0 Å². The molecular weight excluding hydrogens is 523 g/mol. The lowest BCUT2D eigenvalue weighted by Crippen LogP contribution is -2.43. The summed E-state index contributed by atoms with van der Waals surface area (Å²) in [5.41, 5.74) is 1.36. The molecule has 0 spiro atoms. The summed E-state index contributed by atoms with van der Waals surface area (Å²) >= 11 is 0. The Morgan fingerprint density at radius 1 is 1.08 bits per heavy atom. The van der Waals surface area contributed by atoms with E-state index in [2.05, 4.69) is 20.3 Å². The van der Waals surface area contributed by atoms with Crippen molar-refractivity contribution in [1.29, 1.82) is 0 Å². The van der Waals surface area contributed by atoms with E-state index in [4.69, 9.17) is 0 Å². The number of aromatic nitrogens is 6. The Labute approximate surface area is 226 Å². The number of anilines is 1. The molecule has 4 aromatic rings. The van der Waals surface area contributed by atoms with Gasteiger partial charge in [0.25, 0.3) is 10.0 Å². The average molecular weight is 555 g/mol. The highest BCUT2D eigenvalue weighted by molar-refractivity contribution is 7.89. The Hall–Kier alpha value is -3.84. The van der Waals surface area contributed by atoms with E-state index in [1.165, 1.54) is 27.2 Å². The van der Waals surface area contributed by atoms with Crippen molar-refractivity contribution in [3.8, 4) is 17.1 Å². The molecule has 13 heteroatoms. The third-order valence-electron chi connectivity index (χ3n) is 7.04. The third kappa shape index (κ3) is 5.11. The van der Waals surface area contributed by atoms with Gasteiger partial charge in [-0.05, 0) is 63.9 Å². The Balaban J connectivity index is 1.36. The molecule has 11 nitrogen and oxygen atoms in total. The Bertz CT molecular complexity index is 1650. The van der Waals surface area contributed by atoms with E-state index < -0.39 is 10.0 Å². The van der Waals surface area contributed by atoms with Crippen LogP contribution in [0.25, 0.3) is 17.1 Å². The zero-order valence-corrected chi connectivity index (χ0v) is 23.1. The number of aryl methyl sites for hydroxylation is 1. The zero-order chi connectivity index (χ0) is 27.9. The molecule has 0 unspecified atom stereocenters. The molecule has 39 heavy (non-hydrogen) atoms. The van der Waals surface area contributed by atoms with Crippen LogP contribution in [0.4, 0.5) is 10.3 Å². The van der Waals surface area contributed by atoms with Gasteiger partial charge < -0.3 is 9.88 Å². The molecule has 0 bridgehead atoms. The van der Waals surface area contributed by atoms with Gasteiger partial charge in [0.2, 0.25) is 5.95 Å². The fourth-order valence-corrected chi connectivity index (χ4v) is 6.32. The second kappa shape index (κ2) is 10.4. The van der Waals surface area contributed by atoms with Gasteiger partial charge in [-0.3, -0.25) is 9.13 Å². The summed E-state index contributed by atoms with van der Waals surface area (Å²) in [6.07, 6.45) is 5.90. The summed E-state index contributed by atoms with van der Waals surface area (Å²) in [4.78, 5) is 26.4. The predicted molar refractivity (Wildman–Crippen MR) is 145 cm³/mol. The van der Waals surface area contributed by atoms with Crippen molar-refractivity contribution in [2.75, 3.05) is 18.4 Å². The maximum absolute atomic E-state index is 13.6. The summed E-state index contributed by atoms with van der Waals surface area (Å²) in [5.74, 6) is 0.627. The van der Waals surface area contributed by atoms with Gasteiger partial charge in [0.05, 0.1) is 23.3 Å². The normalized spacial score (nSPS) is 15.2. The monoisotopic (exact) mass is 554 g/mol. The Morgan fingerprint density at radius 3 is 2.38 bits per heavy atom. The number of nitrogens with one attached hydrogen (secondary N) is 1. The molecule has 0 amide bonds. The molecule has 4 heterocycles. The SMILES string of the molecule is Cc1ncc(S(=O)(=O)N2CCC(Nc3nccc(-c4cn(C(C)C)c(=O)n4-c4ccc(F)cc4)n3)CC2)n1C. The number of nitrogens with zero attached hydrogens (tertiary/aromatic N) is 7. The van der Waals surface area contributed by atoms with Gasteiger partial charge in [0.1, 0.15) is 11.6 Å². The predicted octanol–water partition coefficient (Wildman–Crippen LogP) is 3.12. The molecular formula is C26H31FN8O3S. The van der Waals surface area contributed by atoms with Crippen molar-refractivity contribution in [2.45, 2.75) is 50.7 Å². The minimum absolute atomic E-state index is 0.0282. The lowest BCUT2D eigenvalue weighted by Gasteiger charge is -2.31. The molecule has 1 aromatic carbocycles. The first-order valence-electron chi connectivity index (χ1n) is 12.7. The van der Waals surface area contributed by atoms with Crippen LogP contribution in [0.3, 0.4) is 0 Å². The fourth-order valence-electron chi connectivity index (χ4n) is 4.70. The second-order valence-corrected chi connectivity index (χ2v) is 11.8. The lowest BCUT2D eigenvalue weighted by molar-refractivity contribution is 0.327. The van der Waals surface area contributed by atoms with Gasteiger partial charge in [-0.2, -0.15) is 4.31 Å². The zero-order valence-electron chi connectivity index (χ0n) is 22.2. The van der Waals surface area contributed by atoms with Crippen LogP contribution < -0.4 is 11.0 Å². The van der Waals surface area contributed by atoms with Crippen LogP contribution in [0.1, 0.15) is 38.6 Å². The number of halogens is 1. The second-order valence-electron chi connectivity index (χ2n) is 9.90. The largest absolute Gasteiger partial charge is 0.351 e. The van der Waals surface area contributed by atoms with Crippen molar-refractivity contribution >= 4 is 16.0 Å². The number of sulfonamides is 1. The van der Waals surface area contributed by atoms with E-state index in [0.717, 1.165) is 0 Å². The Kier molecular flexibility index (Phi) is 7.12. The summed E-state index contributed by atoms with van der Waals surface area (Å²) in [6, 6.07) is 7.34. The molecule has 1 fully saturated rings. The first kappa shape index (κ1) is 26.8. The molecule has 1 saturated heterocycles. The van der Waals surface area contributed by atoms with Gasteiger partial charge in [0, 0.05) is 44.6 Å². The van der Waals surface area contributed by atoms with E-state index in [9.17, 15) is 17.6 Å². The van der Waals surface area contributed by atoms with Gasteiger partial charge >= 0.3 is 5.69 Å². The number of hydrogen-bond donors (Lipinski definition) is 1. The van der Waals surface area contributed by atoms with E-state index in [0.29, 0.717) is 54.8 Å². The standard InChI is InChI=1S/C26H31FN8O3S/c1-17(2)34-16-23(35(26(34)36)21-7-5-19(27)6-8-21)22-9-12-28-25(31-22)30-20-10-13-33(14-11-20)39(37,38)24-15-29-18(3)32(24)4/h5-9,12,15-17,20H,10-11,13-14H2,1-4H3,(H,28,30,31). The highest BCUT2D eigenvalue weighted by Crippen LogP contribution is 2.25. The molecule has 0 atom stereocenters. The minimum atomic E-state index is -3.64. The smallest absolute Gasteiger partial charge is 0.333 e. The minimum Gasteiger partial charge on any atom is -0.351 e. The molecule has 0 aliphatic carbocycles. The van der Waals surface area contributed by atoms with Gasteiger partial charge in [-0.15, -0.1) is 0 Å². The van der Waals surface area contributed by atoms with Gasteiger partial charge in [-0.1, -0.05) is 0 Å². The van der Waals surface area contributed by atoms with E-state index in [-0.39, 0.29) is 28.6 Å². The number of rotatable bonds is 7. The van der Waals surface area contributed by atoms with Crippen LogP contribution in [0.5, 0.6) is 0 Å². The summed E-state index contributed by atoms with van der Waals surface area (Å²) in [6.45, 7) is 6.29. The molecule has 1 aliphatic heterocycles. The Morgan fingerprint density at radius 2 is 1.77 bits per heavy atom. The lowest BCUT2D eigenvalue weighted by atomic mass is 10.1. The highest BCUT2D eigenvalue weighted by Gasteiger charge is 2.32. The van der Waals surface area contributed by atoms with Crippen molar-refractivity contribution in [3.63, 3.8) is 0 Å². The van der Waals surface area contributed by atoms with Gasteiger partial charge in [-0.25, -0.2) is 32.6 Å². The van der Waals surface area contributed by atoms with Crippen LogP contribution >= 0.6 is 0 Å². The van der Waals surface area contributed by atoms with Gasteiger partial charge in [0.15, 0.2) is 5.03 Å². The van der Waals surface area contributed by atoms with E-state index in [1.54, 1.807) is 53.7 Å². The van der Waals surface area contributed by atoms with Crippen molar-refractivity contribution in [1.82, 2.24) is 33.0 Å². The first-order chi connectivity index (χ1) is 18.6. The number of benzene rings is 1. The topological polar surface area (TPSA) is 120 Å². The molecule has 1 aliphatic rings. The van der Waals surface area contributed by atoms with Crippen molar-refractivity contribution < 1.29 is 12.8 Å². The van der Waals surface area contributed by atoms with Crippen LogP contribution in [0.2, 0.25) is 0 Å². The highest BCUT2D eigenvalue weighted by atomic mass is 32.2. The molecule has 3 aromatic heterocycles. The number of hydrogen-bond acceptors (Lipinski definition) is 7. The third-order valence-corrected chi connectivity index (χ3v) is 9.00. The quantitative estimate of drug-likeness (QED) is 0.373. The maximum Gasteiger partial charge on any atom is 0.333 e. The summed E-state index contributed by atoms with van der Waals surface area (Å²) in [5, 5.41) is 3.51. The molecule has 206 valence electrons. The summed E-state index contributed by atoms with van der Waals surface area (Å²) in [7, 11) is -1.94. The van der Waals surface area contributed by atoms with Crippen LogP contribution in [0, 0.1) is 12.7 Å². The van der Waals surface area contributed by atoms with E-state index in [1.807, 2.05) is 13.8 Å². The summed E-state index contributed by atoms with van der Waals surface area (Å²) < 4.78 is 45.9. The van der Waals surface area contributed by atoms with Crippen molar-refractivity contribution in [2.24, 2.45) is 7.05 Å². The van der Waals surface area contributed by atoms with Crippen molar-refractivity contribution in [3.05, 3.63) is 71.0 Å². The molecule has 0 saturated carbocycles. The fraction of sp³-hybridized carbons (Fsp3) is 0.385. The maximum atomic E-state index is 13.6. The molecule has 1 N–H and O–H groups in total. The van der Waals surface area contributed by atoms with Crippen LogP contribution in [-0.4, -0.2) is 60.5 Å². The molecule has 0 radical (unpaired) electrons.